The molecular formula is C13H20BrNO2. The average molecular weight is 302 g/mol. The summed E-state index contributed by atoms with van der Waals surface area (Å²) in [7, 11) is 3.59. The van der Waals surface area contributed by atoms with Crippen molar-refractivity contribution in [1.82, 2.24) is 5.32 Å². The molecule has 0 aliphatic rings. The number of benzene rings is 1. The van der Waals surface area contributed by atoms with Gasteiger partial charge in [-0.05, 0) is 47.1 Å². The molecule has 0 spiro atoms. The van der Waals surface area contributed by atoms with Crippen molar-refractivity contribution in [3.05, 3.63) is 22.2 Å². The van der Waals surface area contributed by atoms with E-state index in [0.29, 0.717) is 0 Å². The fourth-order valence-electron chi connectivity index (χ4n) is 1.54. The third-order valence-electron chi connectivity index (χ3n) is 2.41. The van der Waals surface area contributed by atoms with Gasteiger partial charge in [0.1, 0.15) is 0 Å². The molecule has 0 unspecified atom stereocenters. The van der Waals surface area contributed by atoms with Crippen molar-refractivity contribution in [2.75, 3.05) is 20.8 Å². The largest absolute Gasteiger partial charge is 0.493 e. The van der Waals surface area contributed by atoms with Crippen LogP contribution in [-0.2, 0) is 6.54 Å². The first-order valence-corrected chi connectivity index (χ1v) is 6.66. The van der Waals surface area contributed by atoms with E-state index in [2.05, 4.69) is 34.2 Å². The van der Waals surface area contributed by atoms with Crippen LogP contribution in [0.2, 0.25) is 0 Å². The Morgan fingerprint density at radius 1 is 1.35 bits per heavy atom. The summed E-state index contributed by atoms with van der Waals surface area (Å²) in [6.45, 7) is 3.67. The van der Waals surface area contributed by atoms with E-state index in [0.717, 1.165) is 42.0 Å². The van der Waals surface area contributed by atoms with Crippen molar-refractivity contribution in [2.45, 2.75) is 26.3 Å². The smallest absolute Gasteiger partial charge is 0.175 e. The van der Waals surface area contributed by atoms with Gasteiger partial charge in [0.2, 0.25) is 0 Å². The molecule has 0 saturated heterocycles. The second-order valence-corrected chi connectivity index (χ2v) is 4.70. The zero-order valence-corrected chi connectivity index (χ0v) is 12.3. The lowest BCUT2D eigenvalue weighted by molar-refractivity contribution is 0.286. The van der Waals surface area contributed by atoms with Gasteiger partial charge in [-0.3, -0.25) is 0 Å². The van der Waals surface area contributed by atoms with Crippen molar-refractivity contribution < 1.29 is 9.47 Å². The standard InChI is InChI=1S/C13H20BrNO2/c1-4-5-6-17-13-11(14)7-10(9-15-2)8-12(13)16-3/h7-8,15H,4-6,9H2,1-3H3. The van der Waals surface area contributed by atoms with Crippen molar-refractivity contribution in [2.24, 2.45) is 0 Å². The predicted molar refractivity (Wildman–Crippen MR) is 73.9 cm³/mol. The van der Waals surface area contributed by atoms with E-state index in [4.69, 9.17) is 9.47 Å². The molecule has 3 nitrogen and oxygen atoms in total. The highest BCUT2D eigenvalue weighted by Gasteiger charge is 2.11. The molecule has 96 valence electrons. The van der Waals surface area contributed by atoms with Crippen LogP contribution in [0.3, 0.4) is 0 Å². The number of unbranched alkanes of at least 4 members (excludes halogenated alkanes) is 1. The zero-order valence-electron chi connectivity index (χ0n) is 10.7. The van der Waals surface area contributed by atoms with Gasteiger partial charge in [-0.25, -0.2) is 0 Å². The summed E-state index contributed by atoms with van der Waals surface area (Å²) in [6, 6.07) is 4.06. The van der Waals surface area contributed by atoms with Gasteiger partial charge in [0.05, 0.1) is 18.2 Å². The van der Waals surface area contributed by atoms with E-state index in [1.807, 2.05) is 13.1 Å². The summed E-state index contributed by atoms with van der Waals surface area (Å²) in [6.07, 6.45) is 2.17. The number of rotatable bonds is 7. The lowest BCUT2D eigenvalue weighted by atomic mass is 10.2. The Labute approximate surface area is 112 Å². The van der Waals surface area contributed by atoms with Crippen molar-refractivity contribution in [3.63, 3.8) is 0 Å². The summed E-state index contributed by atoms with van der Waals surface area (Å²) in [5, 5.41) is 3.12. The number of halogens is 1. The quantitative estimate of drug-likeness (QED) is 0.784. The van der Waals surface area contributed by atoms with E-state index < -0.39 is 0 Å². The molecule has 0 aliphatic heterocycles. The molecule has 1 rings (SSSR count). The lowest BCUT2D eigenvalue weighted by Crippen LogP contribution is -2.06. The van der Waals surface area contributed by atoms with Crippen molar-refractivity contribution in [3.8, 4) is 11.5 Å². The van der Waals surface area contributed by atoms with E-state index in [1.165, 1.54) is 5.56 Å². The monoisotopic (exact) mass is 301 g/mol. The highest BCUT2D eigenvalue weighted by atomic mass is 79.9. The Bertz CT molecular complexity index is 356. The SMILES string of the molecule is CCCCOc1c(Br)cc(CNC)cc1OC. The normalized spacial score (nSPS) is 10.4. The predicted octanol–water partition coefficient (Wildman–Crippen LogP) is 3.36. The fourth-order valence-corrected chi connectivity index (χ4v) is 2.14. The maximum atomic E-state index is 5.74. The van der Waals surface area contributed by atoms with Gasteiger partial charge in [-0.1, -0.05) is 13.3 Å². The van der Waals surface area contributed by atoms with Crippen LogP contribution in [-0.4, -0.2) is 20.8 Å². The van der Waals surface area contributed by atoms with Crippen LogP contribution in [0.25, 0.3) is 0 Å². The maximum absolute atomic E-state index is 5.74. The van der Waals surface area contributed by atoms with Crippen LogP contribution in [0.1, 0.15) is 25.3 Å². The second kappa shape index (κ2) is 7.56. The third-order valence-corrected chi connectivity index (χ3v) is 3.00. The number of methoxy groups -OCH3 is 1. The Kier molecular flexibility index (Phi) is 6.37. The highest BCUT2D eigenvalue weighted by molar-refractivity contribution is 9.10. The minimum absolute atomic E-state index is 0.719. The minimum Gasteiger partial charge on any atom is -0.493 e. The third kappa shape index (κ3) is 4.21. The number of ether oxygens (including phenoxy) is 2. The van der Waals surface area contributed by atoms with E-state index in [-0.39, 0.29) is 0 Å². The molecule has 0 aromatic heterocycles. The zero-order chi connectivity index (χ0) is 12.7. The van der Waals surface area contributed by atoms with Gasteiger partial charge < -0.3 is 14.8 Å². The molecule has 1 aromatic rings. The van der Waals surface area contributed by atoms with E-state index in [1.54, 1.807) is 7.11 Å². The van der Waals surface area contributed by atoms with Crippen LogP contribution in [0.5, 0.6) is 11.5 Å². The number of hydrogen-bond donors (Lipinski definition) is 1. The Balaban J connectivity index is 2.87. The summed E-state index contributed by atoms with van der Waals surface area (Å²) in [5.74, 6) is 1.57. The molecule has 0 saturated carbocycles. The summed E-state index contributed by atoms with van der Waals surface area (Å²) in [4.78, 5) is 0. The van der Waals surface area contributed by atoms with Gasteiger partial charge in [0, 0.05) is 6.54 Å². The Morgan fingerprint density at radius 2 is 2.12 bits per heavy atom. The fraction of sp³-hybridized carbons (Fsp3) is 0.538. The molecular weight excluding hydrogens is 282 g/mol. The molecule has 0 fully saturated rings. The molecule has 1 N–H and O–H groups in total. The topological polar surface area (TPSA) is 30.5 Å². The summed E-state index contributed by atoms with van der Waals surface area (Å²) < 4.78 is 12.0. The molecule has 0 radical (unpaired) electrons. The number of nitrogens with one attached hydrogen (secondary N) is 1. The first kappa shape index (κ1) is 14.3. The number of hydrogen-bond acceptors (Lipinski definition) is 3. The van der Waals surface area contributed by atoms with Gasteiger partial charge in [0.15, 0.2) is 11.5 Å². The molecule has 17 heavy (non-hydrogen) atoms. The maximum Gasteiger partial charge on any atom is 0.175 e. The van der Waals surface area contributed by atoms with E-state index in [9.17, 15) is 0 Å². The molecule has 0 aliphatic carbocycles. The van der Waals surface area contributed by atoms with E-state index >= 15 is 0 Å². The van der Waals surface area contributed by atoms with Crippen LogP contribution in [0.15, 0.2) is 16.6 Å². The van der Waals surface area contributed by atoms with Gasteiger partial charge >= 0.3 is 0 Å². The molecule has 0 heterocycles. The first-order chi connectivity index (χ1) is 8.22. The lowest BCUT2D eigenvalue weighted by Gasteiger charge is -2.14. The molecule has 0 bridgehead atoms. The van der Waals surface area contributed by atoms with Crippen LogP contribution < -0.4 is 14.8 Å². The van der Waals surface area contributed by atoms with Gasteiger partial charge in [-0.15, -0.1) is 0 Å². The molecule has 0 atom stereocenters. The van der Waals surface area contributed by atoms with Crippen molar-refractivity contribution >= 4 is 15.9 Å². The van der Waals surface area contributed by atoms with Crippen molar-refractivity contribution in [1.29, 1.82) is 0 Å². The van der Waals surface area contributed by atoms with Gasteiger partial charge in [-0.2, -0.15) is 0 Å². The summed E-state index contributed by atoms with van der Waals surface area (Å²) in [5.41, 5.74) is 1.17. The van der Waals surface area contributed by atoms with Crippen LogP contribution >= 0.6 is 15.9 Å². The Morgan fingerprint density at radius 3 is 2.71 bits per heavy atom. The summed E-state index contributed by atoms with van der Waals surface area (Å²) >= 11 is 3.53. The average Bonchev–Trinajstić information content (AvgIpc) is 2.32. The van der Waals surface area contributed by atoms with Crippen LogP contribution in [0, 0.1) is 0 Å². The molecule has 1 aromatic carbocycles. The molecule has 4 heteroatoms. The second-order valence-electron chi connectivity index (χ2n) is 3.84. The highest BCUT2D eigenvalue weighted by Crippen LogP contribution is 2.36. The first-order valence-electron chi connectivity index (χ1n) is 5.86. The Hall–Kier alpha value is -0.740. The van der Waals surface area contributed by atoms with Crippen LogP contribution in [0.4, 0.5) is 0 Å². The van der Waals surface area contributed by atoms with Gasteiger partial charge in [0.25, 0.3) is 0 Å². The minimum atomic E-state index is 0.719. The molecule has 0 amide bonds.